The molecule has 6 heteroatoms. The summed E-state index contributed by atoms with van der Waals surface area (Å²) < 4.78 is 0. The number of pyridine rings is 1. The number of hydrogen-bond donors (Lipinski definition) is 1. The van der Waals surface area contributed by atoms with Gasteiger partial charge in [0.1, 0.15) is 0 Å². The average Bonchev–Trinajstić information content (AvgIpc) is 2.70. The Balaban J connectivity index is 1.76. The lowest BCUT2D eigenvalue weighted by atomic mass is 9.97. The molecule has 1 amide bonds. The van der Waals surface area contributed by atoms with Gasteiger partial charge in [-0.1, -0.05) is 41.9 Å². The van der Waals surface area contributed by atoms with E-state index in [1.54, 1.807) is 0 Å². The lowest BCUT2D eigenvalue weighted by Gasteiger charge is -2.32. The van der Waals surface area contributed by atoms with Crippen molar-refractivity contribution >= 4 is 28.4 Å². The first-order valence-electron chi connectivity index (χ1n) is 9.42. The normalized spacial score (nSPS) is 15.7. The van der Waals surface area contributed by atoms with Crippen LogP contribution in [0.3, 0.4) is 0 Å². The maximum absolute atomic E-state index is 13.3. The molecule has 144 valence electrons. The van der Waals surface area contributed by atoms with Gasteiger partial charge in [0.05, 0.1) is 16.8 Å². The van der Waals surface area contributed by atoms with Gasteiger partial charge in [-0.25, -0.2) is 9.99 Å². The smallest absolute Gasteiger partial charge is 0.266 e. The Morgan fingerprint density at radius 2 is 1.71 bits per heavy atom. The first-order chi connectivity index (χ1) is 13.5. The minimum atomic E-state index is -0.0872. The van der Waals surface area contributed by atoms with Crippen molar-refractivity contribution in [1.82, 2.24) is 20.3 Å². The van der Waals surface area contributed by atoms with Crippen LogP contribution in [0.4, 0.5) is 0 Å². The van der Waals surface area contributed by atoms with E-state index in [9.17, 15) is 4.79 Å². The summed E-state index contributed by atoms with van der Waals surface area (Å²) in [4.78, 5) is 20.3. The number of nitrogens with zero attached hydrogens (tertiary/aromatic N) is 3. The zero-order chi connectivity index (χ0) is 19.7. The fourth-order valence-electron chi connectivity index (χ4n) is 3.61. The van der Waals surface area contributed by atoms with Gasteiger partial charge in [0, 0.05) is 42.2 Å². The molecule has 0 radical (unpaired) electrons. The predicted octanol–water partition coefficient (Wildman–Crippen LogP) is 3.76. The highest BCUT2D eigenvalue weighted by atomic mass is 35.5. The van der Waals surface area contributed by atoms with Gasteiger partial charge in [0.25, 0.3) is 5.91 Å². The van der Waals surface area contributed by atoms with Crippen molar-refractivity contribution in [2.75, 3.05) is 33.2 Å². The summed E-state index contributed by atoms with van der Waals surface area (Å²) in [6.07, 6.45) is 0. The number of rotatable bonds is 3. The molecule has 1 aliphatic heterocycles. The molecule has 5 nitrogen and oxygen atoms in total. The second-order valence-corrected chi connectivity index (χ2v) is 7.65. The molecule has 0 aliphatic carbocycles. The van der Waals surface area contributed by atoms with Crippen LogP contribution in [0.15, 0.2) is 48.5 Å². The summed E-state index contributed by atoms with van der Waals surface area (Å²) in [5, 5.41) is 3.54. The molecule has 2 heterocycles. The van der Waals surface area contributed by atoms with Gasteiger partial charge in [0.15, 0.2) is 0 Å². The first-order valence-corrected chi connectivity index (χ1v) is 9.80. The van der Waals surface area contributed by atoms with Crippen LogP contribution < -0.4 is 5.43 Å². The Hall–Kier alpha value is -2.47. The molecule has 1 N–H and O–H groups in total. The Bertz CT molecular complexity index is 1010. The van der Waals surface area contributed by atoms with E-state index in [0.717, 1.165) is 53.9 Å². The molecule has 1 aromatic heterocycles. The van der Waals surface area contributed by atoms with Gasteiger partial charge < -0.3 is 4.90 Å². The van der Waals surface area contributed by atoms with E-state index in [4.69, 9.17) is 16.6 Å². The molecule has 1 saturated heterocycles. The summed E-state index contributed by atoms with van der Waals surface area (Å²) in [6, 6.07) is 15.4. The number of fused-ring (bicyclic) bond motifs is 1. The van der Waals surface area contributed by atoms with Gasteiger partial charge in [-0.3, -0.25) is 10.2 Å². The van der Waals surface area contributed by atoms with E-state index in [1.807, 2.05) is 60.5 Å². The van der Waals surface area contributed by atoms with E-state index in [2.05, 4.69) is 17.4 Å². The van der Waals surface area contributed by atoms with Crippen molar-refractivity contribution in [2.45, 2.75) is 6.92 Å². The van der Waals surface area contributed by atoms with Gasteiger partial charge in [-0.05, 0) is 37.7 Å². The van der Waals surface area contributed by atoms with E-state index < -0.39 is 0 Å². The number of hydrazine groups is 1. The van der Waals surface area contributed by atoms with E-state index in [0.29, 0.717) is 10.6 Å². The molecular formula is C22H23ClN4O. The lowest BCUT2D eigenvalue weighted by molar-refractivity contribution is 0.0663. The zero-order valence-electron chi connectivity index (χ0n) is 16.1. The summed E-state index contributed by atoms with van der Waals surface area (Å²) in [5.74, 6) is -0.0872. The number of amides is 1. The second-order valence-electron chi connectivity index (χ2n) is 7.22. The number of nitrogens with one attached hydrogen (secondary N) is 1. The van der Waals surface area contributed by atoms with Crippen LogP contribution in [0.1, 0.15) is 15.9 Å². The molecule has 0 spiro atoms. The molecule has 2 aromatic carbocycles. The van der Waals surface area contributed by atoms with E-state index >= 15 is 0 Å². The Morgan fingerprint density at radius 1 is 1.04 bits per heavy atom. The summed E-state index contributed by atoms with van der Waals surface area (Å²) in [5.41, 5.74) is 7.20. The van der Waals surface area contributed by atoms with Crippen LogP contribution in [0, 0.1) is 6.92 Å². The largest absolute Gasteiger partial charge is 0.304 e. The summed E-state index contributed by atoms with van der Waals surface area (Å²) >= 11 is 6.04. The fourth-order valence-corrected chi connectivity index (χ4v) is 3.73. The van der Waals surface area contributed by atoms with Crippen LogP contribution >= 0.6 is 11.6 Å². The van der Waals surface area contributed by atoms with Gasteiger partial charge >= 0.3 is 0 Å². The Labute approximate surface area is 169 Å². The van der Waals surface area contributed by atoms with Gasteiger partial charge in [-0.15, -0.1) is 0 Å². The monoisotopic (exact) mass is 394 g/mol. The van der Waals surface area contributed by atoms with Crippen molar-refractivity contribution in [3.63, 3.8) is 0 Å². The van der Waals surface area contributed by atoms with Crippen molar-refractivity contribution in [3.05, 3.63) is 64.7 Å². The van der Waals surface area contributed by atoms with Crippen molar-refractivity contribution in [2.24, 2.45) is 0 Å². The molecule has 1 aliphatic rings. The maximum atomic E-state index is 13.3. The predicted molar refractivity (Wildman–Crippen MR) is 113 cm³/mol. The zero-order valence-corrected chi connectivity index (χ0v) is 16.8. The van der Waals surface area contributed by atoms with Crippen LogP contribution in [0.5, 0.6) is 0 Å². The van der Waals surface area contributed by atoms with Gasteiger partial charge in [-0.2, -0.15) is 0 Å². The van der Waals surface area contributed by atoms with Crippen LogP contribution in [-0.2, 0) is 0 Å². The average molecular weight is 395 g/mol. The lowest BCUT2D eigenvalue weighted by Crippen LogP contribution is -2.52. The SMILES string of the molecule is Cc1c(-c2ccc(Cl)cc2)nc2ccccc2c1C(=O)NN1CCN(C)CC1. The molecule has 3 aromatic rings. The molecule has 0 bridgehead atoms. The Kier molecular flexibility index (Phi) is 5.31. The van der Waals surface area contributed by atoms with Crippen LogP contribution in [-0.4, -0.2) is 54.0 Å². The minimum absolute atomic E-state index is 0.0872. The van der Waals surface area contributed by atoms with Crippen molar-refractivity contribution in [3.8, 4) is 11.3 Å². The number of benzene rings is 2. The third-order valence-corrected chi connectivity index (χ3v) is 5.50. The fraction of sp³-hybridized carbons (Fsp3) is 0.273. The number of hydrogen-bond acceptors (Lipinski definition) is 4. The summed E-state index contributed by atoms with van der Waals surface area (Å²) in [7, 11) is 2.10. The number of piperazine rings is 1. The quantitative estimate of drug-likeness (QED) is 0.734. The molecule has 0 saturated carbocycles. The molecule has 0 unspecified atom stereocenters. The van der Waals surface area contributed by atoms with E-state index in [1.165, 1.54) is 0 Å². The van der Waals surface area contributed by atoms with Crippen molar-refractivity contribution in [1.29, 1.82) is 0 Å². The number of carbonyl (C=O) groups excluding carboxylic acids is 1. The summed E-state index contributed by atoms with van der Waals surface area (Å²) in [6.45, 7) is 5.46. The molecule has 1 fully saturated rings. The Morgan fingerprint density at radius 3 is 2.43 bits per heavy atom. The second kappa shape index (κ2) is 7.87. The topological polar surface area (TPSA) is 48.5 Å². The van der Waals surface area contributed by atoms with Crippen LogP contribution in [0.25, 0.3) is 22.2 Å². The minimum Gasteiger partial charge on any atom is -0.304 e. The number of carbonyl (C=O) groups is 1. The maximum Gasteiger partial charge on any atom is 0.266 e. The molecular weight excluding hydrogens is 372 g/mol. The molecule has 28 heavy (non-hydrogen) atoms. The van der Waals surface area contributed by atoms with Gasteiger partial charge in [0.2, 0.25) is 0 Å². The molecule has 4 rings (SSSR count). The highest BCUT2D eigenvalue weighted by Gasteiger charge is 2.22. The highest BCUT2D eigenvalue weighted by molar-refractivity contribution is 6.30. The van der Waals surface area contributed by atoms with Crippen molar-refractivity contribution < 1.29 is 4.79 Å². The van der Waals surface area contributed by atoms with E-state index in [-0.39, 0.29) is 5.91 Å². The number of para-hydroxylation sites is 1. The molecule has 0 atom stereocenters. The third-order valence-electron chi connectivity index (χ3n) is 5.24. The number of likely N-dealkylation sites (N-methyl/N-ethyl adjacent to an activating group) is 1. The highest BCUT2D eigenvalue weighted by Crippen LogP contribution is 2.30. The standard InChI is InChI=1S/C22H23ClN4O/c1-15-20(22(28)25-27-13-11-26(2)12-14-27)18-5-3-4-6-19(18)24-21(15)16-7-9-17(23)10-8-16/h3-10H,11-14H2,1-2H3,(H,25,28). The first kappa shape index (κ1) is 18.9. The van der Waals surface area contributed by atoms with Crippen LogP contribution in [0.2, 0.25) is 5.02 Å². The number of aromatic nitrogens is 1. The third kappa shape index (κ3) is 3.74. The number of halogens is 1.